The van der Waals surface area contributed by atoms with Gasteiger partial charge in [-0.3, -0.25) is 15.1 Å². The lowest BCUT2D eigenvalue weighted by molar-refractivity contribution is -0.136. The van der Waals surface area contributed by atoms with E-state index in [0.717, 1.165) is 6.07 Å². The summed E-state index contributed by atoms with van der Waals surface area (Å²) in [5.74, 6) is -2.59. The van der Waals surface area contributed by atoms with Crippen LogP contribution in [0.2, 0.25) is 0 Å². The Morgan fingerprint density at radius 2 is 1.91 bits per heavy atom. The average molecular weight is 474 g/mol. The minimum absolute atomic E-state index is 0.0546. The number of carbonyl (C=O) groups is 2. The van der Waals surface area contributed by atoms with Crippen LogP contribution >= 0.6 is 0 Å². The molecule has 0 aliphatic rings. The minimum Gasteiger partial charge on any atom is -0.447 e. The summed E-state index contributed by atoms with van der Waals surface area (Å²) in [7, 11) is 0. The molecule has 3 aromatic rings. The average Bonchev–Trinajstić information content (AvgIpc) is 2.79. The van der Waals surface area contributed by atoms with Gasteiger partial charge in [0.05, 0.1) is 6.04 Å². The van der Waals surface area contributed by atoms with Crippen LogP contribution in [0.5, 0.6) is 0 Å². The Labute approximate surface area is 194 Å². The smallest absolute Gasteiger partial charge is 0.412 e. The highest BCUT2D eigenvalue weighted by molar-refractivity contribution is 5.89. The Bertz CT molecular complexity index is 1180. The Morgan fingerprint density at radius 3 is 2.65 bits per heavy atom. The van der Waals surface area contributed by atoms with Crippen LogP contribution in [0.1, 0.15) is 32.3 Å². The number of pyridine rings is 1. The largest absolute Gasteiger partial charge is 0.447 e. The number of aromatic nitrogens is 1. The first-order chi connectivity index (χ1) is 16.3. The highest BCUT2D eigenvalue weighted by Crippen LogP contribution is 2.18. The molecule has 2 amide bonds. The van der Waals surface area contributed by atoms with Crippen molar-refractivity contribution in [2.45, 2.75) is 39.3 Å². The number of halogens is 3. The van der Waals surface area contributed by atoms with Gasteiger partial charge in [0.15, 0.2) is 11.6 Å². The van der Waals surface area contributed by atoms with Crippen molar-refractivity contribution in [2.75, 3.05) is 11.9 Å². The summed E-state index contributed by atoms with van der Waals surface area (Å²) in [4.78, 5) is 28.6. The molecular formula is C24H25F3N4O3. The van der Waals surface area contributed by atoms with Crippen molar-refractivity contribution < 1.29 is 27.5 Å². The second-order valence-corrected chi connectivity index (χ2v) is 7.66. The summed E-state index contributed by atoms with van der Waals surface area (Å²) in [5.41, 5.74) is 2.86. The van der Waals surface area contributed by atoms with Gasteiger partial charge in [0.2, 0.25) is 5.91 Å². The van der Waals surface area contributed by atoms with E-state index < -0.39 is 29.6 Å². The first kappa shape index (κ1) is 25.0. The van der Waals surface area contributed by atoms with Crippen LogP contribution in [0.4, 0.5) is 23.8 Å². The maximum Gasteiger partial charge on any atom is 0.412 e. The number of ether oxygens (including phenoxy) is 1. The molecule has 3 rings (SSSR count). The van der Waals surface area contributed by atoms with Crippen molar-refractivity contribution >= 4 is 28.6 Å². The van der Waals surface area contributed by atoms with Crippen molar-refractivity contribution in [3.05, 3.63) is 71.7 Å². The van der Waals surface area contributed by atoms with Gasteiger partial charge in [-0.2, -0.15) is 0 Å². The van der Waals surface area contributed by atoms with Gasteiger partial charge in [-0.15, -0.1) is 0 Å². The monoisotopic (exact) mass is 474 g/mol. The predicted octanol–water partition coefficient (Wildman–Crippen LogP) is 4.92. The normalized spacial score (nSPS) is 11.8. The lowest BCUT2D eigenvalue weighted by Gasteiger charge is -2.31. The Morgan fingerprint density at radius 1 is 1.12 bits per heavy atom. The SMILES string of the molecule is CCC[C@@H](COC(=O)Nc1cc2cc(F)ccc2cn1)N(NCc1cccc(F)c1F)C(C)=O. The van der Waals surface area contributed by atoms with Gasteiger partial charge >= 0.3 is 6.09 Å². The van der Waals surface area contributed by atoms with Gasteiger partial charge in [-0.05, 0) is 42.1 Å². The highest BCUT2D eigenvalue weighted by Gasteiger charge is 2.23. The number of rotatable bonds is 9. The third-order valence-corrected chi connectivity index (χ3v) is 5.12. The third kappa shape index (κ3) is 6.44. The van der Waals surface area contributed by atoms with Crippen LogP contribution in [0.15, 0.2) is 48.7 Å². The molecular weight excluding hydrogens is 449 g/mol. The quantitative estimate of drug-likeness (QED) is 0.430. The van der Waals surface area contributed by atoms with E-state index in [9.17, 15) is 22.8 Å². The summed E-state index contributed by atoms with van der Waals surface area (Å²) in [5, 5.41) is 5.00. The van der Waals surface area contributed by atoms with Crippen LogP contribution in [0.3, 0.4) is 0 Å². The fraction of sp³-hybridized carbons (Fsp3) is 0.292. The number of nitrogens with zero attached hydrogens (tertiary/aromatic N) is 2. The molecule has 0 aliphatic heterocycles. The molecule has 0 bridgehead atoms. The molecule has 180 valence electrons. The van der Waals surface area contributed by atoms with Crippen molar-refractivity contribution in [3.63, 3.8) is 0 Å². The van der Waals surface area contributed by atoms with E-state index in [1.807, 2.05) is 6.92 Å². The summed E-state index contributed by atoms with van der Waals surface area (Å²) in [6, 6.07) is 8.97. The second kappa shape index (κ2) is 11.5. The van der Waals surface area contributed by atoms with Crippen molar-refractivity contribution in [1.29, 1.82) is 0 Å². The van der Waals surface area contributed by atoms with Gasteiger partial charge < -0.3 is 4.74 Å². The van der Waals surface area contributed by atoms with E-state index in [-0.39, 0.29) is 30.4 Å². The van der Waals surface area contributed by atoms with E-state index in [1.54, 1.807) is 6.07 Å². The van der Waals surface area contributed by atoms with Crippen molar-refractivity contribution in [2.24, 2.45) is 0 Å². The maximum absolute atomic E-state index is 14.0. The number of hydrogen-bond acceptors (Lipinski definition) is 5. The lowest BCUT2D eigenvalue weighted by Crippen LogP contribution is -2.50. The molecule has 1 aromatic heterocycles. The van der Waals surface area contributed by atoms with E-state index >= 15 is 0 Å². The zero-order valence-electron chi connectivity index (χ0n) is 18.8. The molecule has 0 radical (unpaired) electrons. The van der Waals surface area contributed by atoms with Gasteiger partial charge in [0.25, 0.3) is 0 Å². The number of nitrogens with one attached hydrogen (secondary N) is 2. The van der Waals surface area contributed by atoms with Crippen LogP contribution in [-0.2, 0) is 16.1 Å². The molecule has 2 aromatic carbocycles. The number of anilines is 1. The number of amides is 2. The van der Waals surface area contributed by atoms with E-state index in [2.05, 4.69) is 15.7 Å². The zero-order chi connectivity index (χ0) is 24.7. The molecule has 0 unspecified atom stereocenters. The number of carbonyl (C=O) groups excluding carboxylic acids is 2. The van der Waals surface area contributed by atoms with Crippen LogP contribution < -0.4 is 10.7 Å². The van der Waals surface area contributed by atoms with Gasteiger partial charge in [-0.25, -0.2) is 28.4 Å². The molecule has 10 heteroatoms. The predicted molar refractivity (Wildman–Crippen MR) is 121 cm³/mol. The van der Waals surface area contributed by atoms with E-state index in [0.29, 0.717) is 23.6 Å². The lowest BCUT2D eigenvalue weighted by atomic mass is 10.1. The first-order valence-electron chi connectivity index (χ1n) is 10.7. The van der Waals surface area contributed by atoms with Crippen LogP contribution in [0, 0.1) is 17.5 Å². The summed E-state index contributed by atoms with van der Waals surface area (Å²) >= 11 is 0. The zero-order valence-corrected chi connectivity index (χ0v) is 18.8. The van der Waals surface area contributed by atoms with Gasteiger partial charge in [0.1, 0.15) is 18.2 Å². The number of hydrogen-bond donors (Lipinski definition) is 2. The summed E-state index contributed by atoms with van der Waals surface area (Å²) < 4.78 is 46.2. The Kier molecular flexibility index (Phi) is 8.42. The van der Waals surface area contributed by atoms with E-state index in [4.69, 9.17) is 4.74 Å². The molecule has 0 saturated carbocycles. The van der Waals surface area contributed by atoms with Gasteiger partial charge in [0, 0.05) is 30.6 Å². The van der Waals surface area contributed by atoms with Crippen LogP contribution in [0.25, 0.3) is 10.8 Å². The summed E-state index contributed by atoms with van der Waals surface area (Å²) in [6.07, 6.45) is 1.85. The molecule has 2 N–H and O–H groups in total. The summed E-state index contributed by atoms with van der Waals surface area (Å²) in [6.45, 7) is 2.93. The number of benzene rings is 2. The standard InChI is InChI=1S/C24H25F3N4O3/c1-3-5-20(31(15(2)32)29-13-17-6-4-7-21(26)23(17)27)14-34-24(33)30-22-11-18-10-19(25)9-8-16(18)12-28-22/h4,6-12,20,29H,3,5,13-14H2,1-2H3,(H,28,30,33)/t20-/m0/s1. The second-order valence-electron chi connectivity index (χ2n) is 7.66. The molecule has 1 heterocycles. The van der Waals surface area contributed by atoms with E-state index in [1.165, 1.54) is 48.5 Å². The number of hydrazine groups is 1. The fourth-order valence-electron chi connectivity index (χ4n) is 3.47. The molecule has 0 aliphatic carbocycles. The molecule has 0 fully saturated rings. The minimum atomic E-state index is -0.996. The Balaban J connectivity index is 1.63. The molecule has 0 spiro atoms. The molecule has 34 heavy (non-hydrogen) atoms. The first-order valence-corrected chi connectivity index (χ1v) is 10.7. The topological polar surface area (TPSA) is 83.6 Å². The van der Waals surface area contributed by atoms with Crippen molar-refractivity contribution in [1.82, 2.24) is 15.4 Å². The molecule has 1 atom stereocenters. The van der Waals surface area contributed by atoms with Crippen LogP contribution in [-0.4, -0.2) is 34.6 Å². The maximum atomic E-state index is 14.0. The number of fused-ring (bicyclic) bond motifs is 1. The molecule has 7 nitrogen and oxygen atoms in total. The molecule has 0 saturated heterocycles. The third-order valence-electron chi connectivity index (χ3n) is 5.12. The Hall–Kier alpha value is -3.66. The fourth-order valence-corrected chi connectivity index (χ4v) is 3.47. The van der Waals surface area contributed by atoms with Crippen molar-refractivity contribution in [3.8, 4) is 0 Å². The van der Waals surface area contributed by atoms with Gasteiger partial charge in [-0.1, -0.05) is 25.5 Å². The highest BCUT2D eigenvalue weighted by atomic mass is 19.2.